The number of β-amino-alcohol motifs (C(OH)–C–C–N with tert-alkyl or cyclic N) is 1. The van der Waals surface area contributed by atoms with Crippen LogP contribution in [0.2, 0.25) is 0 Å². The summed E-state index contributed by atoms with van der Waals surface area (Å²) in [5.74, 6) is 0.655. The molecule has 0 bridgehead atoms. The maximum atomic E-state index is 13.4. The van der Waals surface area contributed by atoms with E-state index in [2.05, 4.69) is 24.0 Å². The highest BCUT2D eigenvalue weighted by Gasteiger charge is 2.27. The van der Waals surface area contributed by atoms with Crippen LogP contribution in [0.3, 0.4) is 0 Å². The number of fused-ring (bicyclic) bond motifs is 1. The Morgan fingerprint density at radius 1 is 1.00 bits per heavy atom. The third-order valence-electron chi connectivity index (χ3n) is 5.36. The first-order valence-corrected chi connectivity index (χ1v) is 9.88. The van der Waals surface area contributed by atoms with Crippen LogP contribution in [-0.4, -0.2) is 39.4 Å². The Hall–Kier alpha value is -2.96. The first-order valence-electron chi connectivity index (χ1n) is 9.88. The zero-order valence-electron chi connectivity index (χ0n) is 16.9. The summed E-state index contributed by atoms with van der Waals surface area (Å²) in [5, 5.41) is 9.46. The smallest absolute Gasteiger partial charge is 0.259 e. The van der Waals surface area contributed by atoms with E-state index >= 15 is 0 Å². The normalized spacial score (nSPS) is 14.1. The number of aromatic nitrogens is 2. The molecule has 1 aromatic heterocycles. The molecule has 1 aliphatic heterocycles. The van der Waals surface area contributed by atoms with E-state index in [-0.39, 0.29) is 12.2 Å². The average Bonchev–Trinajstić information content (AvgIpc) is 2.73. The minimum atomic E-state index is -0.0175. The van der Waals surface area contributed by atoms with Crippen molar-refractivity contribution in [1.29, 1.82) is 0 Å². The average molecular weight is 390 g/mol. The van der Waals surface area contributed by atoms with Crippen LogP contribution < -0.4 is 10.5 Å². The van der Waals surface area contributed by atoms with Gasteiger partial charge in [0.2, 0.25) is 5.95 Å². The molecule has 0 amide bonds. The molecule has 0 saturated heterocycles. The number of nitrogens with zero attached hydrogens (tertiary/aromatic N) is 4. The molecule has 0 fully saturated rings. The Bertz CT molecular complexity index is 1040. The minimum Gasteiger partial charge on any atom is -0.395 e. The van der Waals surface area contributed by atoms with Gasteiger partial charge < -0.3 is 5.11 Å². The Kier molecular flexibility index (Phi) is 5.47. The van der Waals surface area contributed by atoms with Gasteiger partial charge in [0, 0.05) is 24.2 Å². The second kappa shape index (κ2) is 8.19. The van der Waals surface area contributed by atoms with Crippen LogP contribution in [0, 0.1) is 13.8 Å². The van der Waals surface area contributed by atoms with Crippen LogP contribution in [0.5, 0.6) is 0 Å². The predicted octanol–water partition coefficient (Wildman–Crippen LogP) is 2.81. The molecule has 4 rings (SSSR count). The Morgan fingerprint density at radius 3 is 2.41 bits per heavy atom. The van der Waals surface area contributed by atoms with Crippen molar-refractivity contribution in [1.82, 2.24) is 14.5 Å². The van der Waals surface area contributed by atoms with Gasteiger partial charge in [-0.25, -0.2) is 4.98 Å². The van der Waals surface area contributed by atoms with Crippen molar-refractivity contribution >= 4 is 11.6 Å². The molecule has 0 aliphatic carbocycles. The van der Waals surface area contributed by atoms with Crippen molar-refractivity contribution in [2.45, 2.75) is 26.9 Å². The Morgan fingerprint density at radius 2 is 1.72 bits per heavy atom. The molecule has 1 aliphatic rings. The lowest BCUT2D eigenvalue weighted by atomic mass is 10.1. The van der Waals surface area contributed by atoms with Crippen LogP contribution >= 0.6 is 0 Å². The van der Waals surface area contributed by atoms with Crippen molar-refractivity contribution in [2.24, 2.45) is 0 Å². The monoisotopic (exact) mass is 390 g/mol. The number of hydrogen-bond acceptors (Lipinski definition) is 5. The van der Waals surface area contributed by atoms with Crippen LogP contribution in [0.15, 0.2) is 59.4 Å². The van der Waals surface area contributed by atoms with Crippen LogP contribution in [0.25, 0.3) is 0 Å². The van der Waals surface area contributed by atoms with E-state index in [0.717, 1.165) is 22.5 Å². The second-order valence-electron chi connectivity index (χ2n) is 7.54. The highest BCUT2D eigenvalue weighted by atomic mass is 16.3. The highest BCUT2D eigenvalue weighted by molar-refractivity contribution is 5.59. The fraction of sp³-hybridized carbons (Fsp3) is 0.304. The number of rotatable bonds is 5. The van der Waals surface area contributed by atoms with E-state index in [4.69, 9.17) is 4.98 Å². The SMILES string of the molecule is Cc1ccc(N2CN(CCO)Cn3c2nc(C)c(Cc2ccccc2)c3=O)cc1. The first kappa shape index (κ1) is 19.4. The van der Waals surface area contributed by atoms with E-state index in [1.54, 1.807) is 4.57 Å². The zero-order valence-corrected chi connectivity index (χ0v) is 16.9. The number of anilines is 2. The zero-order chi connectivity index (χ0) is 20.4. The van der Waals surface area contributed by atoms with Gasteiger partial charge in [-0.3, -0.25) is 19.2 Å². The van der Waals surface area contributed by atoms with Gasteiger partial charge in [0.05, 0.1) is 25.6 Å². The Labute approximate surface area is 170 Å². The van der Waals surface area contributed by atoms with Gasteiger partial charge in [-0.1, -0.05) is 48.0 Å². The summed E-state index contributed by atoms with van der Waals surface area (Å²) in [6, 6.07) is 18.2. The summed E-state index contributed by atoms with van der Waals surface area (Å²) in [5.41, 5.74) is 4.71. The summed E-state index contributed by atoms with van der Waals surface area (Å²) >= 11 is 0. The highest BCUT2D eigenvalue weighted by Crippen LogP contribution is 2.28. The molecule has 0 spiro atoms. The van der Waals surface area contributed by atoms with E-state index in [9.17, 15) is 9.90 Å². The number of aliphatic hydroxyl groups excluding tert-OH is 1. The number of hydrogen-bond donors (Lipinski definition) is 1. The molecule has 2 heterocycles. The number of benzene rings is 2. The third kappa shape index (κ3) is 3.95. The lowest BCUT2D eigenvalue weighted by Crippen LogP contribution is -2.48. The van der Waals surface area contributed by atoms with Crippen molar-refractivity contribution in [3.63, 3.8) is 0 Å². The van der Waals surface area contributed by atoms with Crippen LogP contribution in [0.1, 0.15) is 22.4 Å². The maximum Gasteiger partial charge on any atom is 0.259 e. The summed E-state index contributed by atoms with van der Waals surface area (Å²) in [4.78, 5) is 22.4. The maximum absolute atomic E-state index is 13.4. The predicted molar refractivity (Wildman–Crippen MR) is 114 cm³/mol. The first-order chi connectivity index (χ1) is 14.1. The van der Waals surface area contributed by atoms with Gasteiger partial charge in [0.25, 0.3) is 5.56 Å². The van der Waals surface area contributed by atoms with Crippen LogP contribution in [-0.2, 0) is 13.1 Å². The largest absolute Gasteiger partial charge is 0.395 e. The fourth-order valence-electron chi connectivity index (χ4n) is 3.74. The molecule has 150 valence electrons. The molecule has 6 nitrogen and oxygen atoms in total. The molecule has 0 saturated carbocycles. The van der Waals surface area contributed by atoms with Gasteiger partial charge >= 0.3 is 0 Å². The van der Waals surface area contributed by atoms with E-state index in [0.29, 0.717) is 32.3 Å². The summed E-state index contributed by atoms with van der Waals surface area (Å²) in [6.07, 6.45) is 0.559. The molecule has 0 atom stereocenters. The van der Waals surface area contributed by atoms with Crippen molar-refractivity contribution < 1.29 is 5.11 Å². The summed E-state index contributed by atoms with van der Waals surface area (Å²) < 4.78 is 1.73. The molecular formula is C23H26N4O2. The molecule has 29 heavy (non-hydrogen) atoms. The summed E-state index contributed by atoms with van der Waals surface area (Å²) in [7, 11) is 0. The van der Waals surface area contributed by atoms with E-state index in [1.807, 2.05) is 54.3 Å². The quantitative estimate of drug-likeness (QED) is 0.726. The van der Waals surface area contributed by atoms with E-state index in [1.165, 1.54) is 5.56 Å². The topological polar surface area (TPSA) is 61.6 Å². The van der Waals surface area contributed by atoms with Crippen molar-refractivity contribution in [3.8, 4) is 0 Å². The second-order valence-corrected chi connectivity index (χ2v) is 7.54. The molecule has 0 unspecified atom stereocenters. The van der Waals surface area contributed by atoms with Crippen molar-refractivity contribution in [3.05, 3.63) is 87.3 Å². The fourth-order valence-corrected chi connectivity index (χ4v) is 3.74. The van der Waals surface area contributed by atoms with Crippen LogP contribution in [0.4, 0.5) is 11.6 Å². The van der Waals surface area contributed by atoms with Gasteiger partial charge in [-0.2, -0.15) is 0 Å². The minimum absolute atomic E-state index is 0.0175. The summed E-state index contributed by atoms with van der Waals surface area (Å²) in [6.45, 7) is 5.50. The lowest BCUT2D eigenvalue weighted by molar-refractivity contribution is 0.152. The lowest BCUT2D eigenvalue weighted by Gasteiger charge is -2.38. The van der Waals surface area contributed by atoms with Gasteiger partial charge in [0.1, 0.15) is 0 Å². The number of aliphatic hydroxyl groups is 1. The molecule has 2 aromatic carbocycles. The van der Waals surface area contributed by atoms with Gasteiger partial charge in [0.15, 0.2) is 0 Å². The molecular weight excluding hydrogens is 364 g/mol. The van der Waals surface area contributed by atoms with Gasteiger partial charge in [-0.05, 0) is 31.5 Å². The third-order valence-corrected chi connectivity index (χ3v) is 5.36. The molecule has 1 N–H and O–H groups in total. The Balaban J connectivity index is 1.80. The van der Waals surface area contributed by atoms with Crippen molar-refractivity contribution in [2.75, 3.05) is 24.7 Å². The van der Waals surface area contributed by atoms with E-state index < -0.39 is 0 Å². The standard InChI is InChI=1S/C23H26N4O2/c1-17-8-10-20(11-9-17)26-15-25(12-13-28)16-27-22(29)21(18(2)24-23(26)27)14-19-6-4-3-5-7-19/h3-11,28H,12-16H2,1-2H3. The molecule has 6 heteroatoms. The number of aryl methyl sites for hydroxylation is 2. The molecule has 0 radical (unpaired) electrons. The van der Waals surface area contributed by atoms with Gasteiger partial charge in [-0.15, -0.1) is 0 Å². The molecule has 3 aromatic rings.